The number of sulfone groups is 1. The quantitative estimate of drug-likeness (QED) is 0.377. The van der Waals surface area contributed by atoms with E-state index >= 15 is 0 Å². The summed E-state index contributed by atoms with van der Waals surface area (Å²) in [6, 6.07) is 13.0. The molecule has 2 aromatic heterocycles. The monoisotopic (exact) mass is 491 g/mol. The Hall–Kier alpha value is -4.05. The zero-order valence-corrected chi connectivity index (χ0v) is 20.5. The summed E-state index contributed by atoms with van der Waals surface area (Å²) in [4.78, 5) is 26.1. The second-order valence-electron chi connectivity index (χ2n) is 9.13. The van der Waals surface area contributed by atoms with Crippen LogP contribution in [0.5, 0.6) is 5.75 Å². The molecule has 0 aliphatic carbocycles. The molecule has 0 unspecified atom stereocenters. The SMILES string of the molecule is CC(C)(C)Nc1ncc2c(NC(=O)c3ccccc3)ncc(-c3ccc(S(C)(=O)=O)c(O)c3)c2n1. The Morgan fingerprint density at radius 1 is 1.00 bits per heavy atom. The molecule has 0 aliphatic rings. The van der Waals surface area contributed by atoms with Crippen molar-refractivity contribution >= 4 is 38.4 Å². The van der Waals surface area contributed by atoms with Gasteiger partial charge in [0.1, 0.15) is 16.5 Å². The molecule has 180 valence electrons. The zero-order valence-electron chi connectivity index (χ0n) is 19.7. The third kappa shape index (κ3) is 5.38. The van der Waals surface area contributed by atoms with Crippen LogP contribution in [0.3, 0.4) is 0 Å². The van der Waals surface area contributed by atoms with Gasteiger partial charge in [-0.2, -0.15) is 0 Å². The summed E-state index contributed by atoms with van der Waals surface area (Å²) in [5.41, 5.74) is 1.68. The first-order valence-electron chi connectivity index (χ1n) is 10.8. The molecule has 0 saturated heterocycles. The van der Waals surface area contributed by atoms with Crippen molar-refractivity contribution in [1.29, 1.82) is 0 Å². The molecule has 10 heteroatoms. The summed E-state index contributed by atoms with van der Waals surface area (Å²) >= 11 is 0. The van der Waals surface area contributed by atoms with Crippen molar-refractivity contribution in [3.8, 4) is 16.9 Å². The molecule has 3 N–H and O–H groups in total. The van der Waals surface area contributed by atoms with E-state index in [0.717, 1.165) is 6.26 Å². The number of phenols is 1. The van der Waals surface area contributed by atoms with E-state index in [2.05, 4.69) is 25.6 Å². The molecular weight excluding hydrogens is 466 g/mol. The van der Waals surface area contributed by atoms with Crippen LogP contribution in [0.25, 0.3) is 22.0 Å². The Kier molecular flexibility index (Phi) is 6.16. The van der Waals surface area contributed by atoms with Crippen molar-refractivity contribution in [3.05, 3.63) is 66.5 Å². The Morgan fingerprint density at radius 2 is 1.71 bits per heavy atom. The third-order valence-electron chi connectivity index (χ3n) is 5.05. The van der Waals surface area contributed by atoms with E-state index in [1.807, 2.05) is 26.8 Å². The molecule has 9 nitrogen and oxygen atoms in total. The zero-order chi connectivity index (χ0) is 25.4. The number of amides is 1. The van der Waals surface area contributed by atoms with Crippen LogP contribution in [-0.2, 0) is 9.84 Å². The van der Waals surface area contributed by atoms with E-state index in [9.17, 15) is 18.3 Å². The molecular formula is C25H25N5O4S. The minimum absolute atomic E-state index is 0.171. The van der Waals surface area contributed by atoms with Gasteiger partial charge in [-0.05, 0) is 50.6 Å². The van der Waals surface area contributed by atoms with Gasteiger partial charge in [-0.1, -0.05) is 24.3 Å². The van der Waals surface area contributed by atoms with Gasteiger partial charge in [-0.3, -0.25) is 4.79 Å². The number of hydrogen-bond acceptors (Lipinski definition) is 8. The van der Waals surface area contributed by atoms with Crippen molar-refractivity contribution in [1.82, 2.24) is 15.0 Å². The molecule has 0 saturated carbocycles. The highest BCUT2D eigenvalue weighted by Gasteiger charge is 2.19. The number of rotatable bonds is 5. The minimum atomic E-state index is -3.60. The van der Waals surface area contributed by atoms with Crippen molar-refractivity contribution < 1.29 is 18.3 Å². The van der Waals surface area contributed by atoms with Crippen LogP contribution in [0, 0.1) is 0 Å². The van der Waals surface area contributed by atoms with Gasteiger partial charge < -0.3 is 15.7 Å². The maximum atomic E-state index is 12.7. The number of fused-ring (bicyclic) bond motifs is 1. The fraction of sp³-hybridized carbons (Fsp3) is 0.200. The van der Waals surface area contributed by atoms with Crippen molar-refractivity contribution in [2.24, 2.45) is 0 Å². The smallest absolute Gasteiger partial charge is 0.256 e. The molecule has 4 aromatic rings. The predicted octanol–water partition coefficient (Wildman–Crippen LogP) is 4.26. The van der Waals surface area contributed by atoms with Gasteiger partial charge in [0, 0.05) is 35.3 Å². The predicted molar refractivity (Wildman–Crippen MR) is 135 cm³/mol. The fourth-order valence-electron chi connectivity index (χ4n) is 3.49. The summed E-state index contributed by atoms with van der Waals surface area (Å²) in [7, 11) is -3.60. The maximum absolute atomic E-state index is 12.7. The summed E-state index contributed by atoms with van der Waals surface area (Å²) in [6.45, 7) is 5.92. The Morgan fingerprint density at radius 3 is 2.34 bits per heavy atom. The summed E-state index contributed by atoms with van der Waals surface area (Å²) in [5.74, 6) is -0.0625. The first-order chi connectivity index (χ1) is 16.4. The molecule has 0 aliphatic heterocycles. The highest BCUT2D eigenvalue weighted by atomic mass is 32.2. The van der Waals surface area contributed by atoms with Crippen molar-refractivity contribution in [2.75, 3.05) is 16.9 Å². The van der Waals surface area contributed by atoms with Crippen LogP contribution in [0.2, 0.25) is 0 Å². The third-order valence-corrected chi connectivity index (χ3v) is 6.19. The number of anilines is 2. The highest BCUT2D eigenvalue weighted by Crippen LogP contribution is 2.34. The van der Waals surface area contributed by atoms with Crippen LogP contribution in [-0.4, -0.2) is 46.2 Å². The molecule has 4 rings (SSSR count). The van der Waals surface area contributed by atoms with E-state index in [-0.39, 0.29) is 27.9 Å². The average Bonchev–Trinajstić information content (AvgIpc) is 2.77. The molecule has 35 heavy (non-hydrogen) atoms. The number of nitrogens with one attached hydrogen (secondary N) is 2. The molecule has 0 spiro atoms. The standard InChI is InChI=1S/C25H25N5O4S/c1-25(2,3)30-24-27-14-18-21(28-24)17(16-10-11-20(19(31)12-16)35(4,33)34)13-26-22(18)29-23(32)15-8-6-5-7-9-15/h5-14,31H,1-4H3,(H,26,29,32)(H,27,28,30). The van der Waals surface area contributed by atoms with Gasteiger partial charge in [-0.15, -0.1) is 0 Å². The lowest BCUT2D eigenvalue weighted by Crippen LogP contribution is -2.27. The lowest BCUT2D eigenvalue weighted by Gasteiger charge is -2.21. The molecule has 1 amide bonds. The molecule has 0 fully saturated rings. The Bertz CT molecular complexity index is 1530. The summed E-state index contributed by atoms with van der Waals surface area (Å²) in [5, 5.41) is 16.9. The number of aromatic nitrogens is 3. The Labute approximate surface area is 203 Å². The van der Waals surface area contributed by atoms with Gasteiger partial charge >= 0.3 is 0 Å². The molecule has 0 bridgehead atoms. The summed E-state index contributed by atoms with van der Waals surface area (Å²) in [6.07, 6.45) is 4.12. The molecule has 2 heterocycles. The molecule has 2 aromatic carbocycles. The van der Waals surface area contributed by atoms with Gasteiger partial charge in [0.2, 0.25) is 5.95 Å². The Balaban J connectivity index is 1.86. The molecule has 0 atom stereocenters. The number of phenolic OH excluding ortho intramolecular Hbond substituents is 1. The number of carbonyl (C=O) groups excluding carboxylic acids is 1. The highest BCUT2D eigenvalue weighted by molar-refractivity contribution is 7.90. The second-order valence-corrected chi connectivity index (χ2v) is 11.1. The van der Waals surface area contributed by atoms with Gasteiger partial charge in [-0.25, -0.2) is 23.4 Å². The first-order valence-corrected chi connectivity index (χ1v) is 12.7. The lowest BCUT2D eigenvalue weighted by atomic mass is 10.0. The second kappa shape index (κ2) is 8.95. The number of pyridine rings is 1. The number of hydrogen-bond donors (Lipinski definition) is 3. The van der Waals surface area contributed by atoms with E-state index < -0.39 is 9.84 Å². The first kappa shape index (κ1) is 24.1. The topological polar surface area (TPSA) is 134 Å². The van der Waals surface area contributed by atoms with Crippen molar-refractivity contribution in [3.63, 3.8) is 0 Å². The van der Waals surface area contributed by atoms with Crippen LogP contribution in [0.4, 0.5) is 11.8 Å². The van der Waals surface area contributed by atoms with Crippen LogP contribution in [0.1, 0.15) is 31.1 Å². The maximum Gasteiger partial charge on any atom is 0.256 e. The van der Waals surface area contributed by atoms with Crippen molar-refractivity contribution in [2.45, 2.75) is 31.2 Å². The lowest BCUT2D eigenvalue weighted by molar-refractivity contribution is 0.102. The molecule has 0 radical (unpaired) electrons. The number of benzene rings is 2. The number of nitrogens with zero attached hydrogens (tertiary/aromatic N) is 3. The van der Waals surface area contributed by atoms with Crippen LogP contribution >= 0.6 is 0 Å². The largest absolute Gasteiger partial charge is 0.507 e. The van der Waals surface area contributed by atoms with E-state index in [0.29, 0.717) is 33.5 Å². The van der Waals surface area contributed by atoms with Crippen LogP contribution in [0.15, 0.2) is 65.8 Å². The normalized spacial score (nSPS) is 11.9. The number of aromatic hydroxyl groups is 1. The summed E-state index contributed by atoms with van der Waals surface area (Å²) < 4.78 is 23.8. The van der Waals surface area contributed by atoms with E-state index in [1.165, 1.54) is 18.3 Å². The van der Waals surface area contributed by atoms with E-state index in [1.54, 1.807) is 36.5 Å². The van der Waals surface area contributed by atoms with Gasteiger partial charge in [0.25, 0.3) is 5.91 Å². The minimum Gasteiger partial charge on any atom is -0.507 e. The van der Waals surface area contributed by atoms with Gasteiger partial charge in [0.05, 0.1) is 10.9 Å². The van der Waals surface area contributed by atoms with E-state index in [4.69, 9.17) is 0 Å². The number of carbonyl (C=O) groups is 1. The van der Waals surface area contributed by atoms with Gasteiger partial charge in [0.15, 0.2) is 9.84 Å². The average molecular weight is 492 g/mol. The van der Waals surface area contributed by atoms with Crippen LogP contribution < -0.4 is 10.6 Å². The fourth-order valence-corrected chi connectivity index (χ4v) is 4.25.